The van der Waals surface area contributed by atoms with Crippen LogP contribution in [0.1, 0.15) is 57.8 Å². The first kappa shape index (κ1) is 20.9. The predicted octanol–water partition coefficient (Wildman–Crippen LogP) is 3.94. The molecule has 30 heavy (non-hydrogen) atoms. The van der Waals surface area contributed by atoms with E-state index in [-0.39, 0.29) is 29.1 Å². The summed E-state index contributed by atoms with van der Waals surface area (Å²) in [5, 5.41) is 12.5. The number of aromatic nitrogens is 2. The fourth-order valence-corrected chi connectivity index (χ4v) is 6.01. The minimum atomic E-state index is -0.902. The second-order valence-corrected chi connectivity index (χ2v) is 9.39. The first-order chi connectivity index (χ1) is 14.4. The minimum absolute atomic E-state index is 0.0811. The first-order valence-corrected chi connectivity index (χ1v) is 11.3. The summed E-state index contributed by atoms with van der Waals surface area (Å²) in [5.41, 5.74) is 1.54. The number of thiophene rings is 1. The molecule has 1 fully saturated rings. The molecule has 0 spiro atoms. The van der Waals surface area contributed by atoms with Gasteiger partial charge in [0.1, 0.15) is 10.9 Å². The molecule has 0 aliphatic heterocycles. The van der Waals surface area contributed by atoms with E-state index in [2.05, 4.69) is 15.3 Å². The molecule has 2 unspecified atom stereocenters. The van der Waals surface area contributed by atoms with Gasteiger partial charge in [-0.1, -0.05) is 24.4 Å². The smallest absolute Gasteiger partial charge is 0.307 e. The van der Waals surface area contributed by atoms with Gasteiger partial charge in [-0.05, 0) is 37.7 Å². The van der Waals surface area contributed by atoms with Gasteiger partial charge in [-0.25, -0.2) is 9.97 Å². The Hall–Kier alpha value is -2.32. The van der Waals surface area contributed by atoms with Gasteiger partial charge >= 0.3 is 5.97 Å². The van der Waals surface area contributed by atoms with E-state index < -0.39 is 17.8 Å². The molecule has 2 aliphatic carbocycles. The molecular weight excluding hydrogens is 426 g/mol. The topological polar surface area (TPSA) is 109 Å². The number of nitrogens with zero attached hydrogens (tertiary/aromatic N) is 2. The standard InChI is InChI=1S/C21H22ClN3O4S/c22-17-9-24-18(10-23-17)25-20(27)19-13-6-3-7-15(13)30-16(19)8-14(26)11-4-1-2-5-12(11)21(28)29/h9-12H,1-8H2,(H,28,29)(H,24,25,27). The molecule has 4 rings (SSSR count). The van der Waals surface area contributed by atoms with E-state index in [1.165, 1.54) is 23.7 Å². The van der Waals surface area contributed by atoms with Crippen molar-refractivity contribution in [3.8, 4) is 0 Å². The second-order valence-electron chi connectivity index (χ2n) is 7.81. The van der Waals surface area contributed by atoms with Gasteiger partial charge in [0.2, 0.25) is 0 Å². The van der Waals surface area contributed by atoms with Gasteiger partial charge in [-0.2, -0.15) is 0 Å². The predicted molar refractivity (Wildman–Crippen MR) is 113 cm³/mol. The molecule has 2 aliphatic rings. The molecule has 1 amide bonds. The Bertz CT molecular complexity index is 989. The molecule has 158 valence electrons. The van der Waals surface area contributed by atoms with Crippen LogP contribution in [0, 0.1) is 11.8 Å². The number of amides is 1. The molecule has 2 heterocycles. The fourth-order valence-electron chi connectivity index (χ4n) is 4.51. The number of carboxylic acids is 1. The third kappa shape index (κ3) is 4.25. The number of aryl methyl sites for hydroxylation is 1. The number of anilines is 1. The Balaban J connectivity index is 1.58. The summed E-state index contributed by atoms with van der Waals surface area (Å²) in [6.45, 7) is 0. The molecule has 0 bridgehead atoms. The molecule has 7 nitrogen and oxygen atoms in total. The number of nitrogens with one attached hydrogen (secondary N) is 1. The molecule has 2 aromatic heterocycles. The highest BCUT2D eigenvalue weighted by Gasteiger charge is 2.37. The van der Waals surface area contributed by atoms with Crippen LogP contribution in [0.4, 0.5) is 5.82 Å². The quantitative estimate of drug-likeness (QED) is 0.694. The zero-order chi connectivity index (χ0) is 21.3. The number of hydrogen-bond acceptors (Lipinski definition) is 6. The van der Waals surface area contributed by atoms with Crippen molar-refractivity contribution in [3.63, 3.8) is 0 Å². The molecule has 2 aromatic rings. The molecule has 2 atom stereocenters. The Morgan fingerprint density at radius 3 is 2.57 bits per heavy atom. The molecule has 1 saturated carbocycles. The summed E-state index contributed by atoms with van der Waals surface area (Å²) in [6.07, 6.45) is 8.37. The van der Waals surface area contributed by atoms with Crippen molar-refractivity contribution in [3.05, 3.63) is 38.4 Å². The maximum Gasteiger partial charge on any atom is 0.307 e. The highest BCUT2D eigenvalue weighted by Crippen LogP contribution is 2.38. The Kier molecular flexibility index (Phi) is 6.15. The second kappa shape index (κ2) is 8.81. The number of aliphatic carboxylic acids is 1. The van der Waals surface area contributed by atoms with Crippen molar-refractivity contribution in [2.24, 2.45) is 11.8 Å². The lowest BCUT2D eigenvalue weighted by molar-refractivity contribution is -0.148. The molecule has 0 aromatic carbocycles. The van der Waals surface area contributed by atoms with Gasteiger partial charge in [-0.3, -0.25) is 14.4 Å². The molecular formula is C21H22ClN3O4S. The lowest BCUT2D eigenvalue weighted by Crippen LogP contribution is -2.33. The summed E-state index contributed by atoms with van der Waals surface area (Å²) in [7, 11) is 0. The van der Waals surface area contributed by atoms with E-state index >= 15 is 0 Å². The van der Waals surface area contributed by atoms with E-state index in [4.69, 9.17) is 11.6 Å². The van der Waals surface area contributed by atoms with E-state index in [1.807, 2.05) is 0 Å². The van der Waals surface area contributed by atoms with Crippen molar-refractivity contribution in [2.75, 3.05) is 5.32 Å². The van der Waals surface area contributed by atoms with Crippen molar-refractivity contribution < 1.29 is 19.5 Å². The molecule has 2 N–H and O–H groups in total. The number of hydrogen-bond donors (Lipinski definition) is 2. The SMILES string of the molecule is O=C(Nc1cnc(Cl)cn1)c1c(CC(=O)C2CCCCC2C(=O)O)sc2c1CCC2. The molecule has 9 heteroatoms. The van der Waals surface area contributed by atoms with Crippen LogP contribution >= 0.6 is 22.9 Å². The molecule has 0 saturated heterocycles. The van der Waals surface area contributed by atoms with Crippen LogP contribution in [-0.4, -0.2) is 32.7 Å². The monoisotopic (exact) mass is 447 g/mol. The van der Waals surface area contributed by atoms with Crippen LogP contribution in [0.5, 0.6) is 0 Å². The lowest BCUT2D eigenvalue weighted by Gasteiger charge is -2.27. The highest BCUT2D eigenvalue weighted by molar-refractivity contribution is 7.12. The maximum atomic E-state index is 13.1. The first-order valence-electron chi connectivity index (χ1n) is 10.1. The highest BCUT2D eigenvalue weighted by atomic mass is 35.5. The number of rotatable bonds is 6. The number of fused-ring (bicyclic) bond motifs is 1. The zero-order valence-electron chi connectivity index (χ0n) is 16.3. The summed E-state index contributed by atoms with van der Waals surface area (Å²) < 4.78 is 0. The van der Waals surface area contributed by atoms with Crippen molar-refractivity contribution in [1.82, 2.24) is 9.97 Å². The van der Waals surface area contributed by atoms with Crippen LogP contribution in [0.25, 0.3) is 0 Å². The van der Waals surface area contributed by atoms with Gasteiger partial charge < -0.3 is 10.4 Å². The minimum Gasteiger partial charge on any atom is -0.481 e. The number of carboxylic acid groups (broad SMARTS) is 1. The number of halogens is 1. The van der Waals surface area contributed by atoms with Crippen LogP contribution in [-0.2, 0) is 28.9 Å². The van der Waals surface area contributed by atoms with Gasteiger partial charge in [0, 0.05) is 22.1 Å². The normalized spacial score (nSPS) is 20.6. The van der Waals surface area contributed by atoms with Gasteiger partial charge in [0.15, 0.2) is 5.82 Å². The van der Waals surface area contributed by atoms with Crippen LogP contribution in [0.3, 0.4) is 0 Å². The number of carbonyl (C=O) groups is 3. The Morgan fingerprint density at radius 1 is 1.10 bits per heavy atom. The zero-order valence-corrected chi connectivity index (χ0v) is 17.9. The molecule has 0 radical (unpaired) electrons. The summed E-state index contributed by atoms with van der Waals surface area (Å²) in [5.74, 6) is -2.11. The largest absolute Gasteiger partial charge is 0.481 e. The van der Waals surface area contributed by atoms with Gasteiger partial charge in [0.05, 0.1) is 23.9 Å². The van der Waals surface area contributed by atoms with Gasteiger partial charge in [-0.15, -0.1) is 11.3 Å². The van der Waals surface area contributed by atoms with Crippen LogP contribution in [0.15, 0.2) is 12.4 Å². The maximum absolute atomic E-state index is 13.1. The average molecular weight is 448 g/mol. The van der Waals surface area contributed by atoms with Gasteiger partial charge in [0.25, 0.3) is 5.91 Å². The van der Waals surface area contributed by atoms with Crippen molar-refractivity contribution in [1.29, 1.82) is 0 Å². The third-order valence-electron chi connectivity index (χ3n) is 5.91. The van der Waals surface area contributed by atoms with Crippen molar-refractivity contribution in [2.45, 2.75) is 51.4 Å². The number of carbonyl (C=O) groups excluding carboxylic acids is 2. The Morgan fingerprint density at radius 2 is 1.87 bits per heavy atom. The number of Topliss-reactive ketones (excluding diaryl/α,β-unsaturated/α-hetero) is 1. The summed E-state index contributed by atoms with van der Waals surface area (Å²) in [4.78, 5) is 47.6. The summed E-state index contributed by atoms with van der Waals surface area (Å²) >= 11 is 7.26. The lowest BCUT2D eigenvalue weighted by atomic mass is 9.76. The van der Waals surface area contributed by atoms with Crippen molar-refractivity contribution >= 4 is 46.4 Å². The van der Waals surface area contributed by atoms with E-state index in [1.54, 1.807) is 0 Å². The average Bonchev–Trinajstić information content (AvgIpc) is 3.30. The van der Waals surface area contributed by atoms with E-state index in [0.717, 1.165) is 47.4 Å². The summed E-state index contributed by atoms with van der Waals surface area (Å²) in [6, 6.07) is 0. The van der Waals surface area contributed by atoms with Crippen LogP contribution < -0.4 is 5.32 Å². The number of ketones is 1. The Labute approximate surface area is 182 Å². The fraction of sp³-hybridized carbons (Fsp3) is 0.476. The van der Waals surface area contributed by atoms with E-state index in [0.29, 0.717) is 18.4 Å². The third-order valence-corrected chi connectivity index (χ3v) is 7.40. The van der Waals surface area contributed by atoms with E-state index in [9.17, 15) is 19.5 Å². The van der Waals surface area contributed by atoms with Crippen LogP contribution in [0.2, 0.25) is 5.15 Å².